The molecule has 0 aliphatic heterocycles. The Labute approximate surface area is 106 Å². The predicted octanol–water partition coefficient (Wildman–Crippen LogP) is 1.66. The minimum atomic E-state index is -0.393. The Morgan fingerprint density at radius 3 is 2.78 bits per heavy atom. The van der Waals surface area contributed by atoms with E-state index in [2.05, 4.69) is 10.1 Å². The third-order valence-electron chi connectivity index (χ3n) is 2.64. The number of nitrogens with one attached hydrogen (secondary N) is 1. The first kappa shape index (κ1) is 14.4. The van der Waals surface area contributed by atoms with E-state index in [0.717, 1.165) is 5.56 Å². The Morgan fingerprint density at radius 1 is 1.50 bits per heavy atom. The Morgan fingerprint density at radius 2 is 2.22 bits per heavy atom. The summed E-state index contributed by atoms with van der Waals surface area (Å²) in [4.78, 5) is 11.3. The van der Waals surface area contributed by atoms with Gasteiger partial charge in [-0.1, -0.05) is 0 Å². The maximum Gasteiger partial charge on any atom is 0.322 e. The maximum atomic E-state index is 12.9. The van der Waals surface area contributed by atoms with Crippen molar-refractivity contribution in [2.24, 2.45) is 0 Å². The van der Waals surface area contributed by atoms with Crippen molar-refractivity contribution in [3.63, 3.8) is 0 Å². The normalized spacial score (nSPS) is 12.0. The van der Waals surface area contributed by atoms with Crippen LogP contribution < -0.4 is 10.1 Å². The average Bonchev–Trinajstić information content (AvgIpc) is 2.36. The highest BCUT2D eigenvalue weighted by Gasteiger charge is 2.16. The largest absolute Gasteiger partial charge is 0.493 e. The molecule has 5 heteroatoms. The van der Waals surface area contributed by atoms with E-state index < -0.39 is 6.04 Å². The molecule has 100 valence electrons. The monoisotopic (exact) mass is 255 g/mol. The number of aryl methyl sites for hydroxylation is 1. The molecule has 4 nitrogen and oxygen atoms in total. The second kappa shape index (κ2) is 6.96. The van der Waals surface area contributed by atoms with Crippen molar-refractivity contribution in [3.8, 4) is 5.75 Å². The maximum absolute atomic E-state index is 12.9. The van der Waals surface area contributed by atoms with E-state index in [-0.39, 0.29) is 11.8 Å². The molecule has 0 bridgehead atoms. The summed E-state index contributed by atoms with van der Waals surface area (Å²) in [5.74, 6) is 0.00978. The number of carbonyl (C=O) groups is 1. The molecule has 0 heterocycles. The fourth-order valence-electron chi connectivity index (χ4n) is 1.58. The number of halogens is 1. The second-order valence-electron chi connectivity index (χ2n) is 3.91. The Hall–Kier alpha value is -1.62. The fraction of sp³-hybridized carbons (Fsp3) is 0.462. The molecule has 0 aliphatic carbocycles. The summed E-state index contributed by atoms with van der Waals surface area (Å²) in [5.41, 5.74) is 0.731. The quantitative estimate of drug-likeness (QED) is 0.785. The molecule has 0 amide bonds. The first-order valence-corrected chi connectivity index (χ1v) is 5.72. The molecule has 0 saturated heterocycles. The first-order valence-electron chi connectivity index (χ1n) is 5.72. The molecule has 0 aliphatic rings. The van der Waals surface area contributed by atoms with Crippen LogP contribution in [0.4, 0.5) is 4.39 Å². The van der Waals surface area contributed by atoms with E-state index in [9.17, 15) is 9.18 Å². The van der Waals surface area contributed by atoms with Crippen LogP contribution in [-0.4, -0.2) is 32.8 Å². The van der Waals surface area contributed by atoms with Crippen LogP contribution in [0, 0.1) is 12.7 Å². The summed E-state index contributed by atoms with van der Waals surface area (Å²) in [6, 6.07) is 3.94. The molecular formula is C13H18FNO3. The van der Waals surface area contributed by atoms with Gasteiger partial charge in [0.15, 0.2) is 0 Å². The van der Waals surface area contributed by atoms with Crippen molar-refractivity contribution in [2.75, 3.05) is 20.8 Å². The zero-order valence-electron chi connectivity index (χ0n) is 10.8. The van der Waals surface area contributed by atoms with Gasteiger partial charge in [-0.15, -0.1) is 0 Å². The lowest BCUT2D eigenvalue weighted by Gasteiger charge is -2.14. The summed E-state index contributed by atoms with van der Waals surface area (Å²) in [5, 5.41) is 2.85. The minimum absolute atomic E-state index is 0.289. The van der Waals surface area contributed by atoms with Crippen molar-refractivity contribution >= 4 is 5.97 Å². The van der Waals surface area contributed by atoms with Gasteiger partial charge < -0.3 is 14.8 Å². The molecule has 0 aromatic heterocycles. The van der Waals surface area contributed by atoms with Gasteiger partial charge in [0, 0.05) is 6.42 Å². The van der Waals surface area contributed by atoms with E-state index in [1.165, 1.54) is 19.2 Å². The topological polar surface area (TPSA) is 47.6 Å². The van der Waals surface area contributed by atoms with Crippen LogP contribution in [0.15, 0.2) is 18.2 Å². The summed E-state index contributed by atoms with van der Waals surface area (Å²) in [6.45, 7) is 2.13. The van der Waals surface area contributed by atoms with Gasteiger partial charge in [-0.2, -0.15) is 0 Å². The lowest BCUT2D eigenvalue weighted by molar-refractivity contribution is -0.143. The van der Waals surface area contributed by atoms with Gasteiger partial charge >= 0.3 is 5.97 Å². The highest BCUT2D eigenvalue weighted by molar-refractivity contribution is 5.75. The van der Waals surface area contributed by atoms with Crippen LogP contribution in [0.3, 0.4) is 0 Å². The van der Waals surface area contributed by atoms with Gasteiger partial charge in [-0.05, 0) is 37.7 Å². The molecule has 1 rings (SSSR count). The summed E-state index contributed by atoms with van der Waals surface area (Å²) in [6.07, 6.45) is 0.486. The van der Waals surface area contributed by atoms with E-state index in [1.807, 2.05) is 0 Å². The minimum Gasteiger partial charge on any atom is -0.493 e. The molecule has 1 unspecified atom stereocenters. The van der Waals surface area contributed by atoms with Gasteiger partial charge in [0.05, 0.1) is 13.7 Å². The number of hydrogen-bond acceptors (Lipinski definition) is 4. The van der Waals surface area contributed by atoms with Crippen LogP contribution in [-0.2, 0) is 9.53 Å². The number of rotatable bonds is 6. The smallest absolute Gasteiger partial charge is 0.322 e. The molecule has 1 atom stereocenters. The zero-order chi connectivity index (χ0) is 13.5. The summed E-state index contributed by atoms with van der Waals surface area (Å²) in [7, 11) is 3.03. The van der Waals surface area contributed by atoms with E-state index in [0.29, 0.717) is 18.8 Å². The Balaban J connectivity index is 2.48. The zero-order valence-corrected chi connectivity index (χ0v) is 10.8. The number of ether oxygens (including phenoxy) is 2. The molecule has 0 fully saturated rings. The van der Waals surface area contributed by atoms with Crippen molar-refractivity contribution in [1.82, 2.24) is 5.32 Å². The van der Waals surface area contributed by atoms with Crippen LogP contribution in [0.1, 0.15) is 12.0 Å². The van der Waals surface area contributed by atoms with Crippen LogP contribution >= 0.6 is 0 Å². The Kier molecular flexibility index (Phi) is 5.58. The first-order chi connectivity index (χ1) is 8.58. The number of esters is 1. The number of benzene rings is 1. The van der Waals surface area contributed by atoms with Crippen molar-refractivity contribution in [2.45, 2.75) is 19.4 Å². The number of carbonyl (C=O) groups excluding carboxylic acids is 1. The summed E-state index contributed by atoms with van der Waals surface area (Å²) >= 11 is 0. The molecule has 18 heavy (non-hydrogen) atoms. The molecule has 1 N–H and O–H groups in total. The fourth-order valence-corrected chi connectivity index (χ4v) is 1.58. The van der Waals surface area contributed by atoms with Crippen molar-refractivity contribution in [1.29, 1.82) is 0 Å². The second-order valence-corrected chi connectivity index (χ2v) is 3.91. The summed E-state index contributed by atoms with van der Waals surface area (Å²) < 4.78 is 23.0. The lowest BCUT2D eigenvalue weighted by atomic mass is 10.2. The predicted molar refractivity (Wildman–Crippen MR) is 66.1 cm³/mol. The van der Waals surface area contributed by atoms with Gasteiger partial charge in [0.2, 0.25) is 0 Å². The van der Waals surface area contributed by atoms with E-state index >= 15 is 0 Å². The molecule has 0 radical (unpaired) electrons. The average molecular weight is 255 g/mol. The molecule has 1 aromatic rings. The molecular weight excluding hydrogens is 237 g/mol. The molecule has 0 spiro atoms. The Bertz CT molecular complexity index is 409. The number of hydrogen-bond donors (Lipinski definition) is 1. The third kappa shape index (κ3) is 4.00. The van der Waals surface area contributed by atoms with Gasteiger partial charge in [0.25, 0.3) is 0 Å². The third-order valence-corrected chi connectivity index (χ3v) is 2.64. The highest BCUT2D eigenvalue weighted by atomic mass is 19.1. The number of likely N-dealkylation sites (N-methyl/N-ethyl adjacent to an activating group) is 1. The van der Waals surface area contributed by atoms with Crippen LogP contribution in [0.2, 0.25) is 0 Å². The molecule has 1 aromatic carbocycles. The SMILES string of the molecule is CNC(CCOc1ccc(F)cc1C)C(=O)OC. The standard InChI is InChI=1S/C13H18FNO3/c1-9-8-10(14)4-5-12(9)18-7-6-11(15-2)13(16)17-3/h4-5,8,11,15H,6-7H2,1-3H3. The van der Waals surface area contributed by atoms with Gasteiger partial charge in [-0.25, -0.2) is 4.39 Å². The van der Waals surface area contributed by atoms with Crippen molar-refractivity contribution < 1.29 is 18.7 Å². The van der Waals surface area contributed by atoms with E-state index in [4.69, 9.17) is 4.74 Å². The van der Waals surface area contributed by atoms with Crippen LogP contribution in [0.25, 0.3) is 0 Å². The van der Waals surface area contributed by atoms with Gasteiger partial charge in [-0.3, -0.25) is 4.79 Å². The molecule has 0 saturated carbocycles. The van der Waals surface area contributed by atoms with Gasteiger partial charge in [0.1, 0.15) is 17.6 Å². The van der Waals surface area contributed by atoms with Crippen LogP contribution in [0.5, 0.6) is 5.75 Å². The van der Waals surface area contributed by atoms with E-state index in [1.54, 1.807) is 20.0 Å². The lowest BCUT2D eigenvalue weighted by Crippen LogP contribution is -2.36. The van der Waals surface area contributed by atoms with Crippen molar-refractivity contribution in [3.05, 3.63) is 29.6 Å². The number of methoxy groups -OCH3 is 1. The highest BCUT2D eigenvalue weighted by Crippen LogP contribution is 2.18.